The van der Waals surface area contributed by atoms with Crippen molar-refractivity contribution in [1.82, 2.24) is 5.16 Å². The highest BCUT2D eigenvalue weighted by Crippen LogP contribution is 2.27. The predicted molar refractivity (Wildman–Crippen MR) is 72.4 cm³/mol. The minimum atomic E-state index is 0.685. The number of hydrogen-bond donors (Lipinski definition) is 0. The van der Waals surface area contributed by atoms with E-state index in [4.69, 9.17) is 16.1 Å². The van der Waals surface area contributed by atoms with E-state index < -0.39 is 0 Å². The van der Waals surface area contributed by atoms with E-state index in [9.17, 15) is 0 Å². The topological polar surface area (TPSA) is 26.0 Å². The van der Waals surface area contributed by atoms with E-state index in [0.717, 1.165) is 22.6 Å². The monoisotopic (exact) mass is 255 g/mol. The second-order valence-electron chi connectivity index (χ2n) is 3.95. The maximum absolute atomic E-state index is 5.96. The van der Waals surface area contributed by atoms with Crippen LogP contribution in [0.3, 0.4) is 0 Å². The molecule has 88 valence electrons. The fraction of sp³-hybridized carbons (Fsp3) is 0. The van der Waals surface area contributed by atoms with E-state index in [-0.39, 0.29) is 0 Å². The molecular formula is C15H10ClNO. The standard InChI is InChI=1S/C15H10ClNO/c16-13-8-4-7-12(9-13)15-10-14(17-18-15)11-5-2-1-3-6-11/h1-10H. The Morgan fingerprint density at radius 2 is 1.61 bits per heavy atom. The van der Waals surface area contributed by atoms with Crippen molar-refractivity contribution in [2.75, 3.05) is 0 Å². The molecule has 0 aliphatic heterocycles. The molecule has 0 atom stereocenters. The van der Waals surface area contributed by atoms with Crippen LogP contribution in [-0.2, 0) is 0 Å². The molecule has 0 unspecified atom stereocenters. The van der Waals surface area contributed by atoms with Crippen LogP contribution >= 0.6 is 11.6 Å². The van der Waals surface area contributed by atoms with E-state index in [1.165, 1.54) is 0 Å². The molecule has 2 nitrogen and oxygen atoms in total. The lowest BCUT2D eigenvalue weighted by molar-refractivity contribution is 0.435. The average molecular weight is 256 g/mol. The van der Waals surface area contributed by atoms with Gasteiger partial charge in [-0.25, -0.2) is 0 Å². The Morgan fingerprint density at radius 3 is 2.39 bits per heavy atom. The molecular weight excluding hydrogens is 246 g/mol. The molecule has 0 bridgehead atoms. The second-order valence-corrected chi connectivity index (χ2v) is 4.39. The first kappa shape index (κ1) is 11.1. The highest BCUT2D eigenvalue weighted by atomic mass is 35.5. The Bertz CT molecular complexity index is 661. The van der Waals surface area contributed by atoms with Crippen molar-refractivity contribution in [1.29, 1.82) is 0 Å². The summed E-state index contributed by atoms with van der Waals surface area (Å²) in [6, 6.07) is 19.4. The molecule has 0 spiro atoms. The summed E-state index contributed by atoms with van der Waals surface area (Å²) >= 11 is 5.96. The number of aromatic nitrogens is 1. The third-order valence-electron chi connectivity index (χ3n) is 2.69. The molecule has 0 saturated carbocycles. The molecule has 1 aromatic heterocycles. The molecule has 0 aliphatic rings. The summed E-state index contributed by atoms with van der Waals surface area (Å²) in [6.45, 7) is 0. The van der Waals surface area contributed by atoms with Crippen LogP contribution in [-0.4, -0.2) is 5.16 Å². The Kier molecular flexibility index (Phi) is 2.87. The Balaban J connectivity index is 2.00. The molecule has 3 rings (SSSR count). The van der Waals surface area contributed by atoms with Crippen molar-refractivity contribution >= 4 is 11.6 Å². The summed E-state index contributed by atoms with van der Waals surface area (Å²) in [5.74, 6) is 0.719. The van der Waals surface area contributed by atoms with Crippen molar-refractivity contribution in [2.45, 2.75) is 0 Å². The number of halogens is 1. The summed E-state index contributed by atoms with van der Waals surface area (Å²) in [5, 5.41) is 4.76. The first-order valence-electron chi connectivity index (χ1n) is 5.61. The zero-order valence-corrected chi connectivity index (χ0v) is 10.3. The van der Waals surface area contributed by atoms with Gasteiger partial charge in [0.05, 0.1) is 0 Å². The quantitative estimate of drug-likeness (QED) is 0.665. The van der Waals surface area contributed by atoms with Crippen LogP contribution < -0.4 is 0 Å². The molecule has 3 aromatic rings. The lowest BCUT2D eigenvalue weighted by Gasteiger charge is -1.95. The van der Waals surface area contributed by atoms with Crippen LogP contribution in [0.1, 0.15) is 0 Å². The number of nitrogens with zero attached hydrogens (tertiary/aromatic N) is 1. The normalized spacial score (nSPS) is 10.5. The van der Waals surface area contributed by atoms with Crippen LogP contribution in [0.25, 0.3) is 22.6 Å². The highest BCUT2D eigenvalue weighted by Gasteiger charge is 2.08. The average Bonchev–Trinajstić information content (AvgIpc) is 2.89. The van der Waals surface area contributed by atoms with Gasteiger partial charge in [-0.15, -0.1) is 0 Å². The van der Waals surface area contributed by atoms with E-state index in [1.54, 1.807) is 0 Å². The zero-order chi connectivity index (χ0) is 12.4. The second kappa shape index (κ2) is 4.67. The molecule has 0 amide bonds. The maximum Gasteiger partial charge on any atom is 0.167 e. The van der Waals surface area contributed by atoms with Gasteiger partial charge >= 0.3 is 0 Å². The fourth-order valence-electron chi connectivity index (χ4n) is 1.80. The summed E-state index contributed by atoms with van der Waals surface area (Å²) in [4.78, 5) is 0. The highest BCUT2D eigenvalue weighted by molar-refractivity contribution is 6.30. The Hall–Kier alpha value is -2.06. The van der Waals surface area contributed by atoms with Crippen LogP contribution in [0.5, 0.6) is 0 Å². The molecule has 2 aromatic carbocycles. The lowest BCUT2D eigenvalue weighted by atomic mass is 10.1. The smallest absolute Gasteiger partial charge is 0.167 e. The molecule has 3 heteroatoms. The maximum atomic E-state index is 5.96. The first-order valence-corrected chi connectivity index (χ1v) is 5.99. The van der Waals surface area contributed by atoms with Crippen LogP contribution in [0.4, 0.5) is 0 Å². The van der Waals surface area contributed by atoms with Crippen molar-refractivity contribution in [2.24, 2.45) is 0 Å². The van der Waals surface area contributed by atoms with E-state index in [2.05, 4.69) is 5.16 Å². The predicted octanol–water partition coefficient (Wildman–Crippen LogP) is 4.66. The van der Waals surface area contributed by atoms with Gasteiger partial charge in [0.1, 0.15) is 5.69 Å². The summed E-state index contributed by atoms with van der Waals surface area (Å²) in [6.07, 6.45) is 0. The molecule has 0 aliphatic carbocycles. The van der Waals surface area contributed by atoms with Crippen molar-refractivity contribution in [3.63, 3.8) is 0 Å². The number of benzene rings is 2. The third-order valence-corrected chi connectivity index (χ3v) is 2.92. The van der Waals surface area contributed by atoms with Gasteiger partial charge in [0.15, 0.2) is 5.76 Å². The molecule has 0 fully saturated rings. The van der Waals surface area contributed by atoms with Crippen molar-refractivity contribution in [3.8, 4) is 22.6 Å². The van der Waals surface area contributed by atoms with Crippen LogP contribution in [0.15, 0.2) is 65.2 Å². The zero-order valence-electron chi connectivity index (χ0n) is 9.51. The first-order chi connectivity index (χ1) is 8.83. The van der Waals surface area contributed by atoms with E-state index >= 15 is 0 Å². The van der Waals surface area contributed by atoms with Gasteiger partial charge in [-0.3, -0.25) is 0 Å². The van der Waals surface area contributed by atoms with E-state index in [1.807, 2.05) is 60.7 Å². The number of hydrogen-bond acceptors (Lipinski definition) is 2. The largest absolute Gasteiger partial charge is 0.356 e. The van der Waals surface area contributed by atoms with Crippen LogP contribution in [0.2, 0.25) is 5.02 Å². The molecule has 0 radical (unpaired) electrons. The molecule has 1 heterocycles. The fourth-order valence-corrected chi connectivity index (χ4v) is 1.99. The van der Waals surface area contributed by atoms with Gasteiger partial charge in [0.25, 0.3) is 0 Å². The van der Waals surface area contributed by atoms with Gasteiger partial charge in [-0.05, 0) is 12.1 Å². The number of rotatable bonds is 2. The Labute approximate surface area is 110 Å². The summed E-state index contributed by atoms with van der Waals surface area (Å²) in [7, 11) is 0. The summed E-state index contributed by atoms with van der Waals surface area (Å²) < 4.78 is 5.35. The summed E-state index contributed by atoms with van der Waals surface area (Å²) in [5.41, 5.74) is 2.79. The van der Waals surface area contributed by atoms with Crippen LogP contribution in [0, 0.1) is 0 Å². The van der Waals surface area contributed by atoms with Gasteiger partial charge in [-0.2, -0.15) is 0 Å². The Morgan fingerprint density at radius 1 is 0.833 bits per heavy atom. The molecule has 18 heavy (non-hydrogen) atoms. The van der Waals surface area contributed by atoms with Gasteiger partial charge < -0.3 is 4.52 Å². The molecule has 0 saturated heterocycles. The lowest BCUT2D eigenvalue weighted by Crippen LogP contribution is -1.74. The minimum Gasteiger partial charge on any atom is -0.356 e. The molecule has 0 N–H and O–H groups in total. The van der Waals surface area contributed by atoms with Gasteiger partial charge in [0, 0.05) is 22.2 Å². The third kappa shape index (κ3) is 2.15. The van der Waals surface area contributed by atoms with E-state index in [0.29, 0.717) is 5.02 Å². The van der Waals surface area contributed by atoms with Gasteiger partial charge in [0.2, 0.25) is 0 Å². The van der Waals surface area contributed by atoms with Crippen molar-refractivity contribution in [3.05, 3.63) is 65.7 Å². The van der Waals surface area contributed by atoms with Gasteiger partial charge in [-0.1, -0.05) is 59.2 Å². The minimum absolute atomic E-state index is 0.685. The van der Waals surface area contributed by atoms with Crippen molar-refractivity contribution < 1.29 is 4.52 Å². The SMILES string of the molecule is Clc1cccc(-c2cc(-c3ccccc3)no2)c1.